The minimum absolute atomic E-state index is 0.223. The molecule has 2 aromatic carbocycles. The van der Waals surface area contributed by atoms with E-state index in [2.05, 4.69) is 4.98 Å². The van der Waals surface area contributed by atoms with Crippen LogP contribution in [0.4, 0.5) is 5.82 Å². The van der Waals surface area contributed by atoms with Gasteiger partial charge in [-0.3, -0.25) is 14.5 Å². The second kappa shape index (κ2) is 12.4. The van der Waals surface area contributed by atoms with E-state index in [9.17, 15) is 13.2 Å². The van der Waals surface area contributed by atoms with Gasteiger partial charge < -0.3 is 9.64 Å². The Labute approximate surface area is 218 Å². The van der Waals surface area contributed by atoms with Crippen molar-refractivity contribution in [2.24, 2.45) is 0 Å². The topological polar surface area (TPSA) is 101 Å². The van der Waals surface area contributed by atoms with Crippen molar-refractivity contribution in [1.82, 2.24) is 14.7 Å². The number of hydrogen-bond acceptors (Lipinski definition) is 7. The molecule has 0 fully saturated rings. The predicted molar refractivity (Wildman–Crippen MR) is 138 cm³/mol. The fraction of sp³-hybridized carbons (Fsp3) is 0.346. The van der Waals surface area contributed by atoms with Gasteiger partial charge in [0.1, 0.15) is 12.4 Å². The number of carbonyl (C=O) groups is 1. The number of carbonyl (C=O) groups excluding carboxylic acids is 1. The second-order valence-electron chi connectivity index (χ2n) is 7.60. The van der Waals surface area contributed by atoms with Crippen LogP contribution in [-0.4, -0.2) is 56.2 Å². The minimum Gasteiger partial charge on any atom is -0.372 e. The first-order valence-electron chi connectivity index (χ1n) is 14.7. The fourth-order valence-corrected chi connectivity index (χ4v) is 3.59. The molecular formula is C26H32N4O4S. The van der Waals surface area contributed by atoms with Crippen LogP contribution >= 0.6 is 0 Å². The summed E-state index contributed by atoms with van der Waals surface area (Å²) in [5, 5.41) is 0. The first kappa shape index (κ1) is 17.2. The van der Waals surface area contributed by atoms with Crippen LogP contribution in [0.1, 0.15) is 37.6 Å². The molecule has 0 unspecified atom stereocenters. The van der Waals surface area contributed by atoms with Crippen molar-refractivity contribution < 1.29 is 28.9 Å². The van der Waals surface area contributed by atoms with E-state index >= 15 is 0 Å². The Hall–Kier alpha value is -3.30. The lowest BCUT2D eigenvalue weighted by atomic mass is 10.0. The van der Waals surface area contributed by atoms with Crippen LogP contribution < -0.4 is 9.62 Å². The van der Waals surface area contributed by atoms with Gasteiger partial charge in [0, 0.05) is 37.1 Å². The van der Waals surface area contributed by atoms with E-state index in [-0.39, 0.29) is 12.4 Å². The molecule has 0 saturated heterocycles. The van der Waals surface area contributed by atoms with Crippen molar-refractivity contribution in [3.63, 3.8) is 0 Å². The summed E-state index contributed by atoms with van der Waals surface area (Å²) < 4.78 is 91.7. The van der Waals surface area contributed by atoms with Gasteiger partial charge in [-0.15, -0.1) is 0 Å². The van der Waals surface area contributed by atoms with Crippen LogP contribution in [0.5, 0.6) is 0 Å². The number of rotatable bonds is 12. The number of amides is 1. The molecule has 1 N–H and O–H groups in total. The SMILES string of the molecule is [2H]C(C)(C)N(CCC([2H])([2H])C([2H])([2H])OCC(=O)NS(=O)(=O)C([2H])([2H])[2H])c1cnc(-c2ccccc2)c(-c2ccccc2)n1. The van der Waals surface area contributed by atoms with E-state index in [0.29, 0.717) is 11.4 Å². The molecule has 0 atom stereocenters. The summed E-state index contributed by atoms with van der Waals surface area (Å²) in [6.07, 6.45) is -5.37. The van der Waals surface area contributed by atoms with Gasteiger partial charge in [0.15, 0.2) is 0 Å². The van der Waals surface area contributed by atoms with E-state index < -0.39 is 54.1 Å². The molecule has 0 aliphatic heterocycles. The molecule has 1 aromatic heterocycles. The normalized spacial score (nSPS) is 16.3. The summed E-state index contributed by atoms with van der Waals surface area (Å²) in [6, 6.07) is 17.3. The van der Waals surface area contributed by atoms with E-state index in [1.54, 1.807) is 13.8 Å². The van der Waals surface area contributed by atoms with Crippen molar-refractivity contribution in [2.45, 2.75) is 32.7 Å². The van der Waals surface area contributed by atoms with Crippen molar-refractivity contribution in [1.29, 1.82) is 0 Å². The third-order valence-corrected chi connectivity index (χ3v) is 5.22. The Balaban J connectivity index is 1.85. The number of ether oxygens (including phenoxy) is 1. The second-order valence-corrected chi connectivity index (χ2v) is 8.81. The lowest BCUT2D eigenvalue weighted by molar-refractivity contribution is -0.123. The van der Waals surface area contributed by atoms with Gasteiger partial charge in [-0.1, -0.05) is 60.7 Å². The molecule has 9 heteroatoms. The van der Waals surface area contributed by atoms with Gasteiger partial charge in [0.2, 0.25) is 10.0 Å². The minimum atomic E-state index is -5.05. The van der Waals surface area contributed by atoms with Crippen molar-refractivity contribution >= 4 is 21.7 Å². The van der Waals surface area contributed by atoms with Crippen LogP contribution in [0.2, 0.25) is 0 Å². The van der Waals surface area contributed by atoms with Crippen LogP contribution in [0.3, 0.4) is 0 Å². The third kappa shape index (κ3) is 8.15. The highest BCUT2D eigenvalue weighted by molar-refractivity contribution is 7.89. The van der Waals surface area contributed by atoms with Gasteiger partial charge >= 0.3 is 0 Å². The molecule has 0 radical (unpaired) electrons. The molecule has 0 bridgehead atoms. The maximum Gasteiger partial charge on any atom is 0.259 e. The van der Waals surface area contributed by atoms with Crippen LogP contribution in [-0.2, 0) is 19.6 Å². The predicted octanol–water partition coefficient (Wildman–Crippen LogP) is 3.90. The number of benzene rings is 2. The molecule has 8 nitrogen and oxygen atoms in total. The average Bonchev–Trinajstić information content (AvgIpc) is 2.91. The van der Waals surface area contributed by atoms with Gasteiger partial charge in [-0.2, -0.15) is 0 Å². The quantitative estimate of drug-likeness (QED) is 0.399. The van der Waals surface area contributed by atoms with Gasteiger partial charge in [0.05, 0.1) is 27.9 Å². The lowest BCUT2D eigenvalue weighted by Gasteiger charge is -2.28. The zero-order chi connectivity index (χ0) is 32.3. The zero-order valence-corrected chi connectivity index (χ0v) is 20.2. The summed E-state index contributed by atoms with van der Waals surface area (Å²) >= 11 is 0. The third-order valence-electron chi connectivity index (χ3n) is 4.73. The van der Waals surface area contributed by atoms with Gasteiger partial charge in [0.25, 0.3) is 5.91 Å². The average molecular weight is 505 g/mol. The summed E-state index contributed by atoms with van der Waals surface area (Å²) in [4.78, 5) is 22.8. The Kier molecular flexibility index (Phi) is 6.10. The van der Waals surface area contributed by atoms with E-state index in [1.807, 2.05) is 60.7 Å². The van der Waals surface area contributed by atoms with Crippen molar-refractivity contribution in [3.05, 3.63) is 66.9 Å². The molecular weight excluding hydrogens is 464 g/mol. The maximum absolute atomic E-state index is 11.9. The molecule has 186 valence electrons. The Morgan fingerprint density at radius 1 is 1.11 bits per heavy atom. The highest BCUT2D eigenvalue weighted by Crippen LogP contribution is 2.30. The first-order valence-corrected chi connectivity index (χ1v) is 12.2. The number of sulfonamides is 1. The Bertz CT molecular complexity index is 1520. The monoisotopic (exact) mass is 504 g/mol. The first-order chi connectivity index (χ1) is 19.8. The molecule has 3 aromatic rings. The highest BCUT2D eigenvalue weighted by Gasteiger charge is 2.17. The summed E-state index contributed by atoms with van der Waals surface area (Å²) in [5.41, 5.74) is 2.70. The van der Waals surface area contributed by atoms with Gasteiger partial charge in [-0.25, -0.2) is 13.4 Å². The summed E-state index contributed by atoms with van der Waals surface area (Å²) in [5.74, 6) is -1.24. The number of anilines is 1. The molecule has 35 heavy (non-hydrogen) atoms. The largest absolute Gasteiger partial charge is 0.372 e. The summed E-state index contributed by atoms with van der Waals surface area (Å²) in [7, 11) is -5.05. The zero-order valence-electron chi connectivity index (χ0n) is 27.4. The maximum atomic E-state index is 11.9. The molecule has 0 spiro atoms. The molecule has 0 aliphatic rings. The number of nitrogens with zero attached hydrogens (tertiary/aromatic N) is 3. The smallest absolute Gasteiger partial charge is 0.259 e. The van der Waals surface area contributed by atoms with E-state index in [4.69, 9.17) is 20.7 Å². The molecule has 1 amide bonds. The number of hydrogen-bond donors (Lipinski definition) is 1. The van der Waals surface area contributed by atoms with Gasteiger partial charge in [-0.05, 0) is 26.6 Å². The van der Waals surface area contributed by atoms with Crippen LogP contribution in [0, 0.1) is 0 Å². The molecule has 1 heterocycles. The van der Waals surface area contributed by atoms with Crippen LogP contribution in [0.25, 0.3) is 22.5 Å². The highest BCUT2D eigenvalue weighted by atomic mass is 32.2. The van der Waals surface area contributed by atoms with Crippen molar-refractivity contribution in [3.8, 4) is 22.5 Å². The number of nitrogens with one attached hydrogen (secondary N) is 1. The molecule has 0 saturated carbocycles. The summed E-state index contributed by atoms with van der Waals surface area (Å²) in [6.45, 7) is -1.48. The molecule has 3 rings (SSSR count). The van der Waals surface area contributed by atoms with E-state index in [0.717, 1.165) is 11.1 Å². The fourth-order valence-electron chi connectivity index (χ4n) is 3.23. The lowest BCUT2D eigenvalue weighted by Crippen LogP contribution is -2.33. The van der Waals surface area contributed by atoms with E-state index in [1.165, 1.54) is 15.8 Å². The standard InChI is InChI=1S/C26H32N4O4S/c1-20(2)30(16-10-11-17-34-19-24(31)29-35(3,32)33)23-18-27-25(21-12-6-4-7-13-21)26(28-23)22-14-8-5-9-15-22/h4-9,12-15,18,20H,10-11,16-17,19H2,1-3H3,(H,29,31)/i3D3,11D2,17D2,20D. The number of aromatic nitrogens is 2. The van der Waals surface area contributed by atoms with Crippen LogP contribution in [0.15, 0.2) is 66.9 Å². The molecule has 0 aliphatic carbocycles. The van der Waals surface area contributed by atoms with Crippen molar-refractivity contribution in [2.75, 3.05) is 30.8 Å². The Morgan fingerprint density at radius 2 is 1.74 bits per heavy atom. The Morgan fingerprint density at radius 3 is 2.34 bits per heavy atom.